The third-order valence-corrected chi connectivity index (χ3v) is 4.24. The lowest BCUT2D eigenvalue weighted by Crippen LogP contribution is -2.25. The Morgan fingerprint density at radius 1 is 1.28 bits per heavy atom. The van der Waals surface area contributed by atoms with Crippen LogP contribution in [0.5, 0.6) is 0 Å². The van der Waals surface area contributed by atoms with Crippen molar-refractivity contribution in [2.24, 2.45) is 11.8 Å². The minimum absolute atomic E-state index is 0. The largest absolute Gasteiger partial charge is 0.316 e. The number of halogens is 3. The minimum atomic E-state index is -0.203. The molecule has 1 aromatic carbocycles. The summed E-state index contributed by atoms with van der Waals surface area (Å²) in [4.78, 5) is 2.39. The van der Waals surface area contributed by atoms with Crippen LogP contribution in [0.3, 0.4) is 0 Å². The fourth-order valence-corrected chi connectivity index (χ4v) is 3.16. The molecule has 2 aliphatic rings. The zero-order valence-electron chi connectivity index (χ0n) is 10.0. The number of likely N-dealkylation sites (tertiary alicyclic amines) is 1. The molecule has 0 amide bonds. The molecule has 2 nitrogen and oxygen atoms in total. The normalized spacial score (nSPS) is 27.0. The van der Waals surface area contributed by atoms with Crippen LogP contribution in [-0.4, -0.2) is 31.1 Å². The van der Waals surface area contributed by atoms with E-state index in [4.69, 9.17) is 11.6 Å². The topological polar surface area (TPSA) is 15.3 Å². The van der Waals surface area contributed by atoms with Crippen LogP contribution in [0.2, 0.25) is 5.02 Å². The number of nitrogens with zero attached hydrogens (tertiary/aromatic N) is 1. The summed E-state index contributed by atoms with van der Waals surface area (Å²) in [5.41, 5.74) is 0.902. The first-order valence-electron chi connectivity index (χ1n) is 6.09. The van der Waals surface area contributed by atoms with Crippen LogP contribution in [0.15, 0.2) is 18.2 Å². The van der Waals surface area contributed by atoms with E-state index in [0.717, 1.165) is 50.1 Å². The van der Waals surface area contributed by atoms with Crippen LogP contribution < -0.4 is 5.32 Å². The van der Waals surface area contributed by atoms with Crippen LogP contribution in [-0.2, 0) is 6.54 Å². The van der Waals surface area contributed by atoms with Gasteiger partial charge in [-0.25, -0.2) is 4.39 Å². The second-order valence-corrected chi connectivity index (χ2v) is 5.52. The summed E-state index contributed by atoms with van der Waals surface area (Å²) < 4.78 is 13.2. The Morgan fingerprint density at radius 3 is 2.61 bits per heavy atom. The highest BCUT2D eigenvalue weighted by Gasteiger charge is 2.35. The van der Waals surface area contributed by atoms with Gasteiger partial charge in [0.05, 0.1) is 0 Å². The number of hydrogen-bond donors (Lipinski definition) is 1. The lowest BCUT2D eigenvalue weighted by molar-refractivity contribution is 0.305. The number of benzene rings is 1. The van der Waals surface area contributed by atoms with Gasteiger partial charge in [0.2, 0.25) is 0 Å². The van der Waals surface area contributed by atoms with Crippen molar-refractivity contribution < 1.29 is 4.39 Å². The summed E-state index contributed by atoms with van der Waals surface area (Å²) in [5, 5.41) is 4.08. The van der Waals surface area contributed by atoms with Crippen LogP contribution in [0.4, 0.5) is 4.39 Å². The van der Waals surface area contributed by atoms with Crippen LogP contribution in [0, 0.1) is 17.7 Å². The smallest absolute Gasteiger partial charge is 0.123 e. The molecular weight excluding hydrogens is 274 g/mol. The van der Waals surface area contributed by atoms with Gasteiger partial charge in [0.1, 0.15) is 5.82 Å². The Bertz CT molecular complexity index is 415. The maximum atomic E-state index is 13.2. The van der Waals surface area contributed by atoms with Gasteiger partial charge in [-0.15, -0.1) is 12.4 Å². The van der Waals surface area contributed by atoms with E-state index in [1.165, 1.54) is 6.07 Å². The second-order valence-electron chi connectivity index (χ2n) is 5.11. The van der Waals surface area contributed by atoms with Crippen molar-refractivity contribution in [3.8, 4) is 0 Å². The average molecular weight is 291 g/mol. The molecule has 5 heteroatoms. The summed E-state index contributed by atoms with van der Waals surface area (Å²) in [6.45, 7) is 5.22. The summed E-state index contributed by atoms with van der Waals surface area (Å²) in [6, 6.07) is 4.60. The van der Waals surface area contributed by atoms with E-state index in [-0.39, 0.29) is 18.2 Å². The number of fused-ring (bicyclic) bond motifs is 1. The molecule has 100 valence electrons. The average Bonchev–Trinajstić information content (AvgIpc) is 2.83. The standard InChI is InChI=1S/C13H16ClFN2.ClH/c14-13-2-1-12(15)3-9(13)6-17-7-10-4-16-5-11(10)8-17;/h1-3,10-11,16H,4-8H2;1H/t10-,11+;. The Hall–Kier alpha value is -0.350. The molecule has 0 unspecified atom stereocenters. The zero-order valence-corrected chi connectivity index (χ0v) is 11.6. The van der Waals surface area contributed by atoms with Gasteiger partial charge in [-0.2, -0.15) is 0 Å². The molecule has 0 radical (unpaired) electrons. The van der Waals surface area contributed by atoms with Gasteiger partial charge in [-0.1, -0.05) is 11.6 Å². The summed E-state index contributed by atoms with van der Waals surface area (Å²) in [7, 11) is 0. The SMILES string of the molecule is Cl.Fc1ccc(Cl)c(CN2C[C@H]3CNC[C@H]3C2)c1. The molecule has 0 saturated carbocycles. The van der Waals surface area contributed by atoms with Crippen molar-refractivity contribution in [3.63, 3.8) is 0 Å². The molecule has 1 N–H and O–H groups in total. The molecule has 2 fully saturated rings. The molecule has 0 spiro atoms. The van der Waals surface area contributed by atoms with Crippen LogP contribution in [0.1, 0.15) is 5.56 Å². The Kier molecular flexibility index (Phi) is 4.49. The van der Waals surface area contributed by atoms with E-state index in [0.29, 0.717) is 5.02 Å². The molecule has 0 aromatic heterocycles. The van der Waals surface area contributed by atoms with Gasteiger partial charge in [-0.3, -0.25) is 4.90 Å². The third kappa shape index (κ3) is 2.80. The molecule has 0 aliphatic carbocycles. The van der Waals surface area contributed by atoms with E-state index in [1.54, 1.807) is 12.1 Å². The highest BCUT2D eigenvalue weighted by atomic mass is 35.5. The highest BCUT2D eigenvalue weighted by molar-refractivity contribution is 6.31. The molecule has 1 aromatic rings. The zero-order chi connectivity index (χ0) is 11.8. The maximum absolute atomic E-state index is 13.2. The van der Waals surface area contributed by atoms with Crippen molar-refractivity contribution in [1.29, 1.82) is 0 Å². The Balaban J connectivity index is 0.00000120. The van der Waals surface area contributed by atoms with E-state index < -0.39 is 0 Å². The molecule has 2 atom stereocenters. The first kappa shape index (κ1) is 14.1. The fraction of sp³-hybridized carbons (Fsp3) is 0.538. The Morgan fingerprint density at radius 2 is 1.94 bits per heavy atom. The van der Waals surface area contributed by atoms with Gasteiger partial charge in [-0.05, 0) is 48.7 Å². The summed E-state index contributed by atoms with van der Waals surface area (Å²) in [5.74, 6) is 1.33. The van der Waals surface area contributed by atoms with E-state index in [9.17, 15) is 4.39 Å². The lowest BCUT2D eigenvalue weighted by Gasteiger charge is -2.17. The van der Waals surface area contributed by atoms with Crippen molar-refractivity contribution in [1.82, 2.24) is 10.2 Å². The quantitative estimate of drug-likeness (QED) is 0.901. The number of rotatable bonds is 2. The van der Waals surface area contributed by atoms with Crippen molar-refractivity contribution in [2.75, 3.05) is 26.2 Å². The predicted octanol–water partition coefficient (Wildman–Crippen LogP) is 2.55. The van der Waals surface area contributed by atoms with E-state index in [1.807, 2.05) is 0 Å². The molecule has 3 rings (SSSR count). The van der Waals surface area contributed by atoms with Gasteiger partial charge in [0.15, 0.2) is 0 Å². The van der Waals surface area contributed by atoms with Crippen LogP contribution in [0.25, 0.3) is 0 Å². The van der Waals surface area contributed by atoms with Gasteiger partial charge >= 0.3 is 0 Å². The monoisotopic (exact) mass is 290 g/mol. The number of nitrogens with one attached hydrogen (secondary N) is 1. The van der Waals surface area contributed by atoms with Crippen molar-refractivity contribution >= 4 is 24.0 Å². The second kappa shape index (κ2) is 5.74. The van der Waals surface area contributed by atoms with E-state index in [2.05, 4.69) is 10.2 Å². The third-order valence-electron chi connectivity index (χ3n) is 3.87. The van der Waals surface area contributed by atoms with Crippen LogP contribution >= 0.6 is 24.0 Å². The van der Waals surface area contributed by atoms with Crippen molar-refractivity contribution in [2.45, 2.75) is 6.54 Å². The minimum Gasteiger partial charge on any atom is -0.316 e. The molecule has 2 aliphatic heterocycles. The predicted molar refractivity (Wildman–Crippen MR) is 73.8 cm³/mol. The molecular formula is C13H17Cl2FN2. The molecule has 18 heavy (non-hydrogen) atoms. The lowest BCUT2D eigenvalue weighted by atomic mass is 10.0. The van der Waals surface area contributed by atoms with E-state index >= 15 is 0 Å². The first-order valence-corrected chi connectivity index (χ1v) is 6.47. The van der Waals surface area contributed by atoms with Crippen molar-refractivity contribution in [3.05, 3.63) is 34.6 Å². The van der Waals surface area contributed by atoms with Gasteiger partial charge in [0, 0.05) is 24.7 Å². The fourth-order valence-electron chi connectivity index (χ4n) is 2.99. The highest BCUT2D eigenvalue weighted by Crippen LogP contribution is 2.28. The molecule has 0 bridgehead atoms. The first-order chi connectivity index (χ1) is 8.22. The molecule has 2 heterocycles. The summed E-state index contributed by atoms with van der Waals surface area (Å²) >= 11 is 6.09. The number of hydrogen-bond acceptors (Lipinski definition) is 2. The summed E-state index contributed by atoms with van der Waals surface area (Å²) in [6.07, 6.45) is 0. The van der Waals surface area contributed by atoms with Gasteiger partial charge < -0.3 is 5.32 Å². The maximum Gasteiger partial charge on any atom is 0.123 e. The Labute approximate surface area is 118 Å². The molecule has 2 saturated heterocycles. The van der Waals surface area contributed by atoms with Gasteiger partial charge in [0.25, 0.3) is 0 Å².